The van der Waals surface area contributed by atoms with Crippen LogP contribution in [0.1, 0.15) is 26.7 Å². The predicted molar refractivity (Wildman–Crippen MR) is 71.1 cm³/mol. The summed E-state index contributed by atoms with van der Waals surface area (Å²) in [5.41, 5.74) is 0. The van der Waals surface area contributed by atoms with Crippen molar-refractivity contribution in [2.24, 2.45) is 0 Å². The van der Waals surface area contributed by atoms with Crippen LogP contribution in [0.5, 0.6) is 0 Å². The number of rotatable bonds is 8. The minimum atomic E-state index is -0.828. The average Bonchev–Trinajstić information content (AvgIpc) is 2.74. The number of nitrogens with zero attached hydrogens (tertiary/aromatic N) is 3. The van der Waals surface area contributed by atoms with E-state index in [9.17, 15) is 4.79 Å². The molecule has 0 bridgehead atoms. The number of carbonyl (C=O) groups is 1. The van der Waals surface area contributed by atoms with Gasteiger partial charge in [-0.15, -0.1) is 10.2 Å². The molecule has 0 atom stereocenters. The molecule has 1 rings (SSSR count). The largest absolute Gasteiger partial charge is 0.481 e. The topological polar surface area (TPSA) is 66.3 Å². The van der Waals surface area contributed by atoms with Crippen LogP contribution >= 0.6 is 23.1 Å². The van der Waals surface area contributed by atoms with Gasteiger partial charge in [0.15, 0.2) is 4.34 Å². The summed E-state index contributed by atoms with van der Waals surface area (Å²) in [5.74, 6) is -0.790. The van der Waals surface area contributed by atoms with E-state index in [0.717, 1.165) is 35.4 Å². The van der Waals surface area contributed by atoms with Gasteiger partial charge < -0.3 is 10.0 Å². The van der Waals surface area contributed by atoms with Crippen molar-refractivity contribution in [2.75, 3.05) is 23.7 Å². The summed E-state index contributed by atoms with van der Waals surface area (Å²) in [7, 11) is 0. The lowest BCUT2D eigenvalue weighted by molar-refractivity contribution is -0.133. The van der Waals surface area contributed by atoms with Crippen LogP contribution in [0.2, 0.25) is 0 Å². The Kier molecular flexibility index (Phi) is 6.28. The fourth-order valence-electron chi connectivity index (χ4n) is 1.36. The van der Waals surface area contributed by atoms with E-state index in [1.165, 1.54) is 23.1 Å². The Balaban J connectivity index is 2.60. The molecule has 17 heavy (non-hydrogen) atoms. The van der Waals surface area contributed by atoms with Gasteiger partial charge in [-0.3, -0.25) is 4.79 Å². The highest BCUT2D eigenvalue weighted by Crippen LogP contribution is 2.28. The first kappa shape index (κ1) is 14.2. The molecule has 0 saturated heterocycles. The number of aliphatic carboxylic acids is 1. The first-order chi connectivity index (χ1) is 8.17. The van der Waals surface area contributed by atoms with E-state index >= 15 is 0 Å². The zero-order valence-corrected chi connectivity index (χ0v) is 11.7. The molecule has 0 saturated carbocycles. The molecule has 5 nitrogen and oxygen atoms in total. The van der Waals surface area contributed by atoms with Crippen LogP contribution in [0.15, 0.2) is 4.34 Å². The van der Waals surface area contributed by atoms with Crippen molar-refractivity contribution in [2.45, 2.75) is 31.0 Å². The van der Waals surface area contributed by atoms with Crippen LogP contribution < -0.4 is 4.90 Å². The normalized spacial score (nSPS) is 10.5. The van der Waals surface area contributed by atoms with Gasteiger partial charge >= 0.3 is 5.97 Å². The van der Waals surface area contributed by atoms with Gasteiger partial charge in [-0.25, -0.2) is 0 Å². The molecule has 0 spiro atoms. The molecule has 0 aromatic carbocycles. The molecule has 0 fully saturated rings. The lowest BCUT2D eigenvalue weighted by Crippen LogP contribution is -2.24. The van der Waals surface area contributed by atoms with Gasteiger partial charge in [0.2, 0.25) is 5.13 Å². The molecule has 96 valence electrons. The first-order valence-electron chi connectivity index (χ1n) is 5.60. The minimum absolute atomic E-state index is 0.0379. The summed E-state index contributed by atoms with van der Waals surface area (Å²) in [6.07, 6.45) is 2.13. The third kappa shape index (κ3) is 4.91. The van der Waals surface area contributed by atoms with Crippen molar-refractivity contribution < 1.29 is 9.90 Å². The summed E-state index contributed by atoms with van der Waals surface area (Å²) in [6.45, 7) is 6.19. The molecule has 0 amide bonds. The minimum Gasteiger partial charge on any atom is -0.481 e. The summed E-state index contributed by atoms with van der Waals surface area (Å²) in [4.78, 5) is 12.6. The number of anilines is 1. The molecule has 0 unspecified atom stereocenters. The molecule has 0 aliphatic rings. The average molecular weight is 275 g/mol. The molecule has 1 aromatic heterocycles. The van der Waals surface area contributed by atoms with Crippen molar-refractivity contribution in [1.82, 2.24) is 10.2 Å². The molecule has 0 radical (unpaired) electrons. The van der Waals surface area contributed by atoms with Gasteiger partial charge in [0, 0.05) is 13.1 Å². The fraction of sp³-hybridized carbons (Fsp3) is 0.700. The Hall–Kier alpha value is -0.820. The molecule has 1 aromatic rings. The number of carboxylic acids is 1. The summed E-state index contributed by atoms with van der Waals surface area (Å²) >= 11 is 2.69. The van der Waals surface area contributed by atoms with Crippen molar-refractivity contribution in [3.63, 3.8) is 0 Å². The van der Waals surface area contributed by atoms with Crippen LogP contribution in [0.3, 0.4) is 0 Å². The van der Waals surface area contributed by atoms with E-state index in [1.807, 2.05) is 0 Å². The van der Waals surface area contributed by atoms with Gasteiger partial charge in [-0.2, -0.15) is 0 Å². The van der Waals surface area contributed by atoms with Crippen LogP contribution in [0.25, 0.3) is 0 Å². The second kappa shape index (κ2) is 7.50. The van der Waals surface area contributed by atoms with E-state index in [1.54, 1.807) is 0 Å². The zero-order chi connectivity index (χ0) is 12.7. The molecular weight excluding hydrogens is 258 g/mol. The second-order valence-corrected chi connectivity index (χ2v) is 5.70. The highest BCUT2D eigenvalue weighted by molar-refractivity contribution is 8.01. The van der Waals surface area contributed by atoms with Crippen LogP contribution in [0.4, 0.5) is 5.13 Å². The number of aromatic nitrogens is 2. The highest BCUT2D eigenvalue weighted by Gasteiger charge is 2.12. The fourth-order valence-corrected chi connectivity index (χ4v) is 2.97. The smallest absolute Gasteiger partial charge is 0.313 e. The van der Waals surface area contributed by atoms with E-state index in [2.05, 4.69) is 28.9 Å². The molecule has 7 heteroatoms. The maximum Gasteiger partial charge on any atom is 0.313 e. The lowest BCUT2D eigenvalue weighted by atomic mass is 10.4. The van der Waals surface area contributed by atoms with Gasteiger partial charge in [0.25, 0.3) is 0 Å². The Morgan fingerprint density at radius 1 is 1.35 bits per heavy atom. The maximum atomic E-state index is 10.4. The van der Waals surface area contributed by atoms with E-state index in [0.29, 0.717) is 0 Å². The SMILES string of the molecule is CCCN(CCC)c1nnc(SCC(=O)O)s1. The predicted octanol–water partition coefficient (Wildman–Crippen LogP) is 2.34. The Morgan fingerprint density at radius 3 is 2.53 bits per heavy atom. The Morgan fingerprint density at radius 2 is 2.00 bits per heavy atom. The molecule has 1 heterocycles. The number of thioether (sulfide) groups is 1. The van der Waals surface area contributed by atoms with Crippen LogP contribution in [0, 0.1) is 0 Å². The standard InChI is InChI=1S/C10H17N3O2S2/c1-3-5-13(6-4-2)9-11-12-10(17-9)16-7-8(14)15/h3-7H2,1-2H3,(H,14,15). The van der Waals surface area contributed by atoms with Crippen LogP contribution in [-0.4, -0.2) is 40.1 Å². The molecular formula is C10H17N3O2S2. The Labute approximate surface area is 109 Å². The second-order valence-electron chi connectivity index (χ2n) is 3.52. The number of carboxylic acid groups (broad SMARTS) is 1. The number of hydrogen-bond donors (Lipinski definition) is 1. The third-order valence-electron chi connectivity index (χ3n) is 1.97. The van der Waals surface area contributed by atoms with Gasteiger partial charge in [0.1, 0.15) is 0 Å². The van der Waals surface area contributed by atoms with Gasteiger partial charge in [-0.1, -0.05) is 36.9 Å². The van der Waals surface area contributed by atoms with Crippen molar-refractivity contribution in [1.29, 1.82) is 0 Å². The number of hydrogen-bond acceptors (Lipinski definition) is 6. The van der Waals surface area contributed by atoms with Gasteiger partial charge in [-0.05, 0) is 12.8 Å². The van der Waals surface area contributed by atoms with Crippen molar-refractivity contribution in [3.8, 4) is 0 Å². The summed E-state index contributed by atoms with van der Waals surface area (Å²) < 4.78 is 0.722. The van der Waals surface area contributed by atoms with E-state index < -0.39 is 5.97 Å². The highest BCUT2D eigenvalue weighted by atomic mass is 32.2. The molecule has 0 aliphatic carbocycles. The maximum absolute atomic E-state index is 10.4. The quantitative estimate of drug-likeness (QED) is 0.735. The van der Waals surface area contributed by atoms with E-state index in [4.69, 9.17) is 5.11 Å². The summed E-state index contributed by atoms with van der Waals surface area (Å²) in [6, 6.07) is 0. The van der Waals surface area contributed by atoms with Crippen LogP contribution in [-0.2, 0) is 4.79 Å². The molecule has 0 aliphatic heterocycles. The van der Waals surface area contributed by atoms with Crippen molar-refractivity contribution in [3.05, 3.63) is 0 Å². The van der Waals surface area contributed by atoms with E-state index in [-0.39, 0.29) is 5.75 Å². The molecule has 1 N–H and O–H groups in total. The zero-order valence-electron chi connectivity index (χ0n) is 10.0. The monoisotopic (exact) mass is 275 g/mol. The van der Waals surface area contributed by atoms with Gasteiger partial charge in [0.05, 0.1) is 5.75 Å². The Bertz CT molecular complexity index is 351. The first-order valence-corrected chi connectivity index (χ1v) is 7.40. The lowest BCUT2D eigenvalue weighted by Gasteiger charge is -2.19. The summed E-state index contributed by atoms with van der Waals surface area (Å²) in [5, 5.41) is 17.6. The third-order valence-corrected chi connectivity index (χ3v) is 4.07. The van der Waals surface area contributed by atoms with Crippen molar-refractivity contribution >= 4 is 34.2 Å².